The van der Waals surface area contributed by atoms with Crippen molar-refractivity contribution in [3.8, 4) is 0 Å². The first kappa shape index (κ1) is 13.9. The van der Waals surface area contributed by atoms with E-state index in [1.165, 1.54) is 32.2 Å². The summed E-state index contributed by atoms with van der Waals surface area (Å²) in [6.07, 6.45) is 5.49. The minimum Gasteiger partial charge on any atom is -0.383 e. The topological polar surface area (TPSA) is 24.5 Å². The van der Waals surface area contributed by atoms with Crippen LogP contribution in [0.2, 0.25) is 0 Å². The van der Waals surface area contributed by atoms with Crippen LogP contribution < -0.4 is 5.32 Å². The maximum absolute atomic E-state index is 5.26. The standard InChI is InChI=1S/C13H28N2O/c1-4-8-14-13(11-16-3)10-15(2)9-12-6-5-7-12/h12-14H,4-11H2,1-3H3. The molecule has 0 heterocycles. The molecule has 1 aliphatic carbocycles. The van der Waals surface area contributed by atoms with Crippen molar-refractivity contribution >= 4 is 0 Å². The van der Waals surface area contributed by atoms with E-state index in [0.717, 1.165) is 25.6 Å². The molecule has 1 fully saturated rings. The summed E-state index contributed by atoms with van der Waals surface area (Å²) in [6, 6.07) is 0.482. The van der Waals surface area contributed by atoms with Gasteiger partial charge >= 0.3 is 0 Å². The van der Waals surface area contributed by atoms with Crippen LogP contribution >= 0.6 is 0 Å². The van der Waals surface area contributed by atoms with Gasteiger partial charge in [0.15, 0.2) is 0 Å². The Kier molecular flexibility index (Phi) is 7.01. The Bertz CT molecular complexity index is 171. The predicted molar refractivity (Wildman–Crippen MR) is 68.8 cm³/mol. The van der Waals surface area contributed by atoms with Gasteiger partial charge in [-0.2, -0.15) is 0 Å². The summed E-state index contributed by atoms with van der Waals surface area (Å²) in [5, 5.41) is 3.54. The highest BCUT2D eigenvalue weighted by Gasteiger charge is 2.20. The molecule has 3 heteroatoms. The van der Waals surface area contributed by atoms with Crippen LogP contribution in [0.4, 0.5) is 0 Å². The molecule has 0 aromatic heterocycles. The van der Waals surface area contributed by atoms with Crippen molar-refractivity contribution in [3.05, 3.63) is 0 Å². The van der Waals surface area contributed by atoms with Gasteiger partial charge in [0.05, 0.1) is 6.61 Å². The molecule has 0 aromatic carbocycles. The average Bonchev–Trinajstić information content (AvgIpc) is 2.20. The van der Waals surface area contributed by atoms with Crippen molar-refractivity contribution in [1.29, 1.82) is 0 Å². The molecule has 0 amide bonds. The second-order valence-electron chi connectivity index (χ2n) is 5.12. The first-order valence-corrected chi connectivity index (χ1v) is 6.67. The molecule has 0 spiro atoms. The van der Waals surface area contributed by atoms with Crippen LogP contribution in [-0.4, -0.2) is 51.3 Å². The zero-order valence-corrected chi connectivity index (χ0v) is 11.2. The van der Waals surface area contributed by atoms with Gasteiger partial charge in [-0.05, 0) is 38.8 Å². The molecule has 0 radical (unpaired) electrons. The molecule has 1 N–H and O–H groups in total. The third-order valence-corrected chi connectivity index (χ3v) is 3.38. The summed E-state index contributed by atoms with van der Waals surface area (Å²) in [5.74, 6) is 0.958. The molecule has 1 saturated carbocycles. The molecule has 3 nitrogen and oxygen atoms in total. The fraction of sp³-hybridized carbons (Fsp3) is 1.00. The third kappa shape index (κ3) is 5.28. The van der Waals surface area contributed by atoms with Gasteiger partial charge in [0.25, 0.3) is 0 Å². The van der Waals surface area contributed by atoms with Crippen LogP contribution in [0.1, 0.15) is 32.6 Å². The van der Waals surface area contributed by atoms with Gasteiger partial charge in [0, 0.05) is 26.2 Å². The number of hydrogen-bond acceptors (Lipinski definition) is 3. The Labute approximate surface area is 101 Å². The van der Waals surface area contributed by atoms with Crippen molar-refractivity contribution in [2.75, 3.05) is 40.4 Å². The smallest absolute Gasteiger partial charge is 0.0628 e. The van der Waals surface area contributed by atoms with E-state index in [2.05, 4.69) is 24.2 Å². The zero-order valence-electron chi connectivity index (χ0n) is 11.2. The molecular formula is C13H28N2O. The SMILES string of the molecule is CCCNC(COC)CN(C)CC1CCC1. The monoisotopic (exact) mass is 228 g/mol. The third-order valence-electron chi connectivity index (χ3n) is 3.38. The fourth-order valence-electron chi connectivity index (χ4n) is 2.29. The number of rotatable bonds is 9. The maximum Gasteiger partial charge on any atom is 0.0628 e. The molecular weight excluding hydrogens is 200 g/mol. The van der Waals surface area contributed by atoms with Crippen LogP contribution in [0.25, 0.3) is 0 Å². The van der Waals surface area contributed by atoms with Gasteiger partial charge in [-0.1, -0.05) is 13.3 Å². The minimum absolute atomic E-state index is 0.482. The molecule has 0 saturated heterocycles. The van der Waals surface area contributed by atoms with E-state index in [-0.39, 0.29) is 0 Å². The second kappa shape index (κ2) is 8.04. The molecule has 96 valence electrons. The van der Waals surface area contributed by atoms with Crippen molar-refractivity contribution in [2.24, 2.45) is 5.92 Å². The lowest BCUT2D eigenvalue weighted by atomic mass is 9.85. The van der Waals surface area contributed by atoms with E-state index in [1.807, 2.05) is 0 Å². The van der Waals surface area contributed by atoms with Crippen LogP contribution in [0.15, 0.2) is 0 Å². The number of ether oxygens (including phenoxy) is 1. The van der Waals surface area contributed by atoms with E-state index in [4.69, 9.17) is 4.74 Å². The molecule has 0 aliphatic heterocycles. The highest BCUT2D eigenvalue weighted by Crippen LogP contribution is 2.26. The van der Waals surface area contributed by atoms with Crippen LogP contribution in [-0.2, 0) is 4.74 Å². The Morgan fingerprint density at radius 1 is 1.44 bits per heavy atom. The fourth-order valence-corrected chi connectivity index (χ4v) is 2.29. The Hall–Kier alpha value is -0.120. The van der Waals surface area contributed by atoms with Gasteiger partial charge in [-0.15, -0.1) is 0 Å². The Morgan fingerprint density at radius 3 is 2.69 bits per heavy atom. The summed E-state index contributed by atoms with van der Waals surface area (Å²) in [5.41, 5.74) is 0. The first-order valence-electron chi connectivity index (χ1n) is 6.67. The molecule has 1 rings (SSSR count). The van der Waals surface area contributed by atoms with Crippen molar-refractivity contribution in [2.45, 2.75) is 38.6 Å². The number of likely N-dealkylation sites (N-methyl/N-ethyl adjacent to an activating group) is 1. The molecule has 0 aromatic rings. The normalized spacial score (nSPS) is 18.8. The summed E-state index contributed by atoms with van der Waals surface area (Å²) in [6.45, 7) is 6.47. The van der Waals surface area contributed by atoms with E-state index in [9.17, 15) is 0 Å². The van der Waals surface area contributed by atoms with Gasteiger partial charge in [0.2, 0.25) is 0 Å². The van der Waals surface area contributed by atoms with Crippen LogP contribution in [0, 0.1) is 5.92 Å². The number of nitrogens with zero attached hydrogens (tertiary/aromatic N) is 1. The van der Waals surface area contributed by atoms with E-state index in [1.54, 1.807) is 7.11 Å². The van der Waals surface area contributed by atoms with Crippen molar-refractivity contribution in [3.63, 3.8) is 0 Å². The molecule has 1 atom stereocenters. The highest BCUT2D eigenvalue weighted by molar-refractivity contribution is 4.76. The van der Waals surface area contributed by atoms with Gasteiger partial charge in [0.1, 0.15) is 0 Å². The van der Waals surface area contributed by atoms with E-state index >= 15 is 0 Å². The largest absolute Gasteiger partial charge is 0.383 e. The Morgan fingerprint density at radius 2 is 2.19 bits per heavy atom. The zero-order chi connectivity index (χ0) is 11.8. The molecule has 1 aliphatic rings. The molecule has 0 bridgehead atoms. The lowest BCUT2D eigenvalue weighted by Crippen LogP contribution is -2.44. The average molecular weight is 228 g/mol. The van der Waals surface area contributed by atoms with E-state index in [0.29, 0.717) is 6.04 Å². The lowest BCUT2D eigenvalue weighted by molar-refractivity contribution is 0.131. The maximum atomic E-state index is 5.26. The van der Waals surface area contributed by atoms with E-state index < -0.39 is 0 Å². The van der Waals surface area contributed by atoms with Crippen LogP contribution in [0.3, 0.4) is 0 Å². The Balaban J connectivity index is 2.16. The number of methoxy groups -OCH3 is 1. The van der Waals surface area contributed by atoms with Crippen molar-refractivity contribution in [1.82, 2.24) is 10.2 Å². The quantitative estimate of drug-likeness (QED) is 0.650. The van der Waals surface area contributed by atoms with Gasteiger partial charge in [-0.25, -0.2) is 0 Å². The number of hydrogen-bond donors (Lipinski definition) is 1. The summed E-state index contributed by atoms with van der Waals surface area (Å²) in [7, 11) is 4.02. The lowest BCUT2D eigenvalue weighted by Gasteiger charge is -2.32. The molecule has 1 unspecified atom stereocenters. The summed E-state index contributed by atoms with van der Waals surface area (Å²) in [4.78, 5) is 2.45. The first-order chi connectivity index (χ1) is 7.76. The summed E-state index contributed by atoms with van der Waals surface area (Å²) >= 11 is 0. The highest BCUT2D eigenvalue weighted by atomic mass is 16.5. The minimum atomic E-state index is 0.482. The van der Waals surface area contributed by atoms with Crippen LogP contribution in [0.5, 0.6) is 0 Å². The van der Waals surface area contributed by atoms with Gasteiger partial charge in [-0.3, -0.25) is 0 Å². The second-order valence-corrected chi connectivity index (χ2v) is 5.12. The van der Waals surface area contributed by atoms with Crippen molar-refractivity contribution < 1.29 is 4.74 Å². The van der Waals surface area contributed by atoms with Gasteiger partial charge < -0.3 is 15.0 Å². The number of nitrogens with one attached hydrogen (secondary N) is 1. The molecule has 16 heavy (non-hydrogen) atoms. The predicted octanol–water partition coefficient (Wildman–Crippen LogP) is 1.73. The summed E-state index contributed by atoms with van der Waals surface area (Å²) < 4.78 is 5.26.